The minimum Gasteiger partial charge on any atom is -0.271 e. The van der Waals surface area contributed by atoms with Crippen LogP contribution in [0, 0.1) is 5.92 Å². The SMILES string of the molecule is NNC(Cc1cc(Cl)ccc1Cl)C1CCS(=O)(=O)C1. The van der Waals surface area contributed by atoms with E-state index in [1.54, 1.807) is 18.2 Å². The monoisotopic (exact) mass is 322 g/mol. The molecule has 4 nitrogen and oxygen atoms in total. The molecule has 0 aromatic heterocycles. The molecule has 2 rings (SSSR count). The van der Waals surface area contributed by atoms with Crippen LogP contribution in [0.5, 0.6) is 0 Å². The summed E-state index contributed by atoms with van der Waals surface area (Å²) in [5.74, 6) is 5.99. The van der Waals surface area contributed by atoms with Gasteiger partial charge in [0.25, 0.3) is 0 Å². The zero-order chi connectivity index (χ0) is 14.0. The van der Waals surface area contributed by atoms with Crippen molar-refractivity contribution in [3.63, 3.8) is 0 Å². The van der Waals surface area contributed by atoms with E-state index in [4.69, 9.17) is 29.0 Å². The summed E-state index contributed by atoms with van der Waals surface area (Å²) in [6.45, 7) is 0. The summed E-state index contributed by atoms with van der Waals surface area (Å²) in [5.41, 5.74) is 3.59. The smallest absolute Gasteiger partial charge is 0.150 e. The van der Waals surface area contributed by atoms with Crippen molar-refractivity contribution in [1.29, 1.82) is 0 Å². The quantitative estimate of drug-likeness (QED) is 0.655. The predicted octanol–water partition coefficient (Wildman–Crippen LogP) is 1.80. The van der Waals surface area contributed by atoms with Gasteiger partial charge in [-0.05, 0) is 42.5 Å². The maximum absolute atomic E-state index is 11.5. The number of hydrogen-bond acceptors (Lipinski definition) is 4. The topological polar surface area (TPSA) is 72.2 Å². The molecule has 1 aromatic rings. The maximum Gasteiger partial charge on any atom is 0.150 e. The van der Waals surface area contributed by atoms with Gasteiger partial charge in [-0.3, -0.25) is 11.3 Å². The van der Waals surface area contributed by atoms with Crippen molar-refractivity contribution in [1.82, 2.24) is 5.43 Å². The van der Waals surface area contributed by atoms with Crippen LogP contribution in [0.1, 0.15) is 12.0 Å². The molecule has 0 spiro atoms. The van der Waals surface area contributed by atoms with Crippen LogP contribution < -0.4 is 11.3 Å². The molecule has 1 aromatic carbocycles. The lowest BCUT2D eigenvalue weighted by Gasteiger charge is -2.22. The van der Waals surface area contributed by atoms with Crippen molar-refractivity contribution in [3.8, 4) is 0 Å². The summed E-state index contributed by atoms with van der Waals surface area (Å²) < 4.78 is 23.0. The predicted molar refractivity (Wildman–Crippen MR) is 78.0 cm³/mol. The van der Waals surface area contributed by atoms with Crippen LogP contribution in [-0.4, -0.2) is 26.0 Å². The largest absolute Gasteiger partial charge is 0.271 e. The highest BCUT2D eigenvalue weighted by molar-refractivity contribution is 7.91. The number of nitrogens with two attached hydrogens (primary N) is 1. The van der Waals surface area contributed by atoms with Gasteiger partial charge < -0.3 is 0 Å². The Balaban J connectivity index is 2.13. The van der Waals surface area contributed by atoms with Gasteiger partial charge in [-0.25, -0.2) is 8.42 Å². The normalized spacial score (nSPS) is 23.4. The molecule has 2 unspecified atom stereocenters. The van der Waals surface area contributed by atoms with E-state index < -0.39 is 9.84 Å². The average Bonchev–Trinajstić information content (AvgIpc) is 2.70. The highest BCUT2D eigenvalue weighted by atomic mass is 35.5. The van der Waals surface area contributed by atoms with Crippen molar-refractivity contribution in [2.45, 2.75) is 18.9 Å². The highest BCUT2D eigenvalue weighted by Crippen LogP contribution is 2.27. The Morgan fingerprint density at radius 1 is 1.42 bits per heavy atom. The standard InChI is InChI=1S/C12H16Cl2N2O2S/c13-10-1-2-11(14)9(5-10)6-12(16-15)8-3-4-19(17,18)7-8/h1-2,5,8,12,16H,3-4,6-7,15H2. The van der Waals surface area contributed by atoms with Gasteiger partial charge in [-0.2, -0.15) is 0 Å². The molecule has 1 heterocycles. The van der Waals surface area contributed by atoms with Gasteiger partial charge in [0.15, 0.2) is 9.84 Å². The van der Waals surface area contributed by atoms with Crippen molar-refractivity contribution in [2.24, 2.45) is 11.8 Å². The van der Waals surface area contributed by atoms with E-state index in [0.29, 0.717) is 22.9 Å². The number of sulfone groups is 1. The molecule has 0 aliphatic carbocycles. The Hall–Kier alpha value is -0.330. The molecule has 1 fully saturated rings. The molecule has 106 valence electrons. The fourth-order valence-corrected chi connectivity index (χ4v) is 4.71. The van der Waals surface area contributed by atoms with Crippen LogP contribution in [0.4, 0.5) is 0 Å². The Kier molecular flexibility index (Phi) is 4.74. The van der Waals surface area contributed by atoms with E-state index in [0.717, 1.165) is 5.56 Å². The number of halogens is 2. The number of nitrogens with one attached hydrogen (secondary N) is 1. The van der Waals surface area contributed by atoms with E-state index in [9.17, 15) is 8.42 Å². The number of hydrogen-bond donors (Lipinski definition) is 2. The number of rotatable bonds is 4. The molecule has 1 aliphatic heterocycles. The van der Waals surface area contributed by atoms with Crippen LogP contribution >= 0.6 is 23.2 Å². The third-order valence-corrected chi connectivity index (χ3v) is 5.90. The van der Waals surface area contributed by atoms with Crippen molar-refractivity contribution in [2.75, 3.05) is 11.5 Å². The molecule has 1 saturated heterocycles. The molecule has 0 radical (unpaired) electrons. The second kappa shape index (κ2) is 5.97. The molecular weight excluding hydrogens is 307 g/mol. The lowest BCUT2D eigenvalue weighted by molar-refractivity contribution is 0.385. The van der Waals surface area contributed by atoms with Crippen LogP contribution in [0.3, 0.4) is 0 Å². The molecule has 3 N–H and O–H groups in total. The Morgan fingerprint density at radius 2 is 2.16 bits per heavy atom. The van der Waals surface area contributed by atoms with Gasteiger partial charge in [-0.1, -0.05) is 23.2 Å². The summed E-state index contributed by atoms with van der Waals surface area (Å²) in [6, 6.07) is 5.13. The van der Waals surface area contributed by atoms with Gasteiger partial charge in [0, 0.05) is 16.1 Å². The lowest BCUT2D eigenvalue weighted by Crippen LogP contribution is -2.43. The van der Waals surface area contributed by atoms with E-state index in [1.807, 2.05) is 0 Å². The molecule has 2 atom stereocenters. The first kappa shape index (κ1) is 15.1. The van der Waals surface area contributed by atoms with Crippen LogP contribution in [0.2, 0.25) is 10.0 Å². The average molecular weight is 323 g/mol. The first-order chi connectivity index (χ1) is 8.91. The maximum atomic E-state index is 11.5. The third kappa shape index (κ3) is 3.83. The minimum atomic E-state index is -2.92. The summed E-state index contributed by atoms with van der Waals surface area (Å²) >= 11 is 12.1. The number of benzene rings is 1. The summed E-state index contributed by atoms with van der Waals surface area (Å²) in [5, 5.41) is 1.22. The van der Waals surface area contributed by atoms with Gasteiger partial charge in [0.2, 0.25) is 0 Å². The summed E-state index contributed by atoms with van der Waals surface area (Å²) in [4.78, 5) is 0. The van der Waals surface area contributed by atoms with Crippen LogP contribution in [0.15, 0.2) is 18.2 Å². The van der Waals surface area contributed by atoms with Gasteiger partial charge >= 0.3 is 0 Å². The second-order valence-electron chi connectivity index (χ2n) is 4.88. The minimum absolute atomic E-state index is 0.0186. The van der Waals surface area contributed by atoms with Crippen LogP contribution in [0.25, 0.3) is 0 Å². The van der Waals surface area contributed by atoms with Crippen molar-refractivity contribution < 1.29 is 8.42 Å². The summed E-state index contributed by atoms with van der Waals surface area (Å²) in [6.07, 6.45) is 1.20. The van der Waals surface area contributed by atoms with E-state index in [1.165, 1.54) is 0 Å². The zero-order valence-corrected chi connectivity index (χ0v) is 12.6. The highest BCUT2D eigenvalue weighted by Gasteiger charge is 2.33. The lowest BCUT2D eigenvalue weighted by atomic mass is 9.93. The first-order valence-electron chi connectivity index (χ1n) is 6.02. The number of hydrazine groups is 1. The van der Waals surface area contributed by atoms with E-state index in [2.05, 4.69) is 5.43 Å². The second-order valence-corrected chi connectivity index (χ2v) is 7.95. The Bertz CT molecular complexity index is 563. The fourth-order valence-electron chi connectivity index (χ4n) is 2.44. The van der Waals surface area contributed by atoms with Crippen molar-refractivity contribution >= 4 is 33.0 Å². The van der Waals surface area contributed by atoms with Gasteiger partial charge in [0.1, 0.15) is 0 Å². The fraction of sp³-hybridized carbons (Fsp3) is 0.500. The van der Waals surface area contributed by atoms with Crippen molar-refractivity contribution in [3.05, 3.63) is 33.8 Å². The molecule has 7 heteroatoms. The summed E-state index contributed by atoms with van der Waals surface area (Å²) in [7, 11) is -2.92. The Labute approximate surface area is 123 Å². The van der Waals surface area contributed by atoms with Crippen LogP contribution in [-0.2, 0) is 16.3 Å². The zero-order valence-electron chi connectivity index (χ0n) is 10.3. The Morgan fingerprint density at radius 3 is 2.74 bits per heavy atom. The first-order valence-corrected chi connectivity index (χ1v) is 8.59. The third-order valence-electron chi connectivity index (χ3n) is 3.50. The molecular formula is C12H16Cl2N2O2S. The van der Waals surface area contributed by atoms with Gasteiger partial charge in [0.05, 0.1) is 11.5 Å². The van der Waals surface area contributed by atoms with E-state index >= 15 is 0 Å². The molecule has 0 bridgehead atoms. The molecule has 0 saturated carbocycles. The molecule has 0 amide bonds. The van der Waals surface area contributed by atoms with E-state index in [-0.39, 0.29) is 23.5 Å². The molecule has 1 aliphatic rings. The van der Waals surface area contributed by atoms with Gasteiger partial charge in [-0.15, -0.1) is 0 Å². The molecule has 19 heavy (non-hydrogen) atoms.